The Morgan fingerprint density at radius 2 is 1.06 bits per heavy atom. The van der Waals surface area contributed by atoms with E-state index in [-0.39, 0.29) is 30.7 Å². The molecule has 0 saturated heterocycles. The van der Waals surface area contributed by atoms with E-state index in [1.165, 1.54) is 12.1 Å². The minimum absolute atomic E-state index is 0.210. The Hall–Kier alpha value is -4.51. The normalized spacial score (nSPS) is 13.1. The van der Waals surface area contributed by atoms with Crippen molar-refractivity contribution in [2.45, 2.75) is 125 Å². The first-order valence-electron chi connectivity index (χ1n) is 14.7. The molecule has 0 bridgehead atoms. The summed E-state index contributed by atoms with van der Waals surface area (Å²) in [5.74, 6) is -0.548. The number of nitro benzene ring substituents is 1. The lowest BCUT2D eigenvalue weighted by Gasteiger charge is -2.26. The van der Waals surface area contributed by atoms with Gasteiger partial charge in [0, 0.05) is 12.1 Å². The van der Waals surface area contributed by atoms with Crippen LogP contribution in [0.1, 0.15) is 94.2 Å². The topological polar surface area (TPSA) is 224 Å². The van der Waals surface area contributed by atoms with Crippen LogP contribution in [0.15, 0.2) is 28.2 Å². The molecule has 0 fully saturated rings. The maximum absolute atomic E-state index is 12.4. The molecule has 1 aromatic carbocycles. The number of hydrogen-bond donors (Lipinski definition) is 5. The number of non-ortho nitro benzene ring substituents is 1. The van der Waals surface area contributed by atoms with Crippen LogP contribution in [0.2, 0.25) is 0 Å². The number of alkyl carbamates (subject to hydrolysis) is 3. The van der Waals surface area contributed by atoms with Crippen molar-refractivity contribution in [2.24, 2.45) is 9.98 Å². The largest absolute Gasteiger partial charge is 0.444 e. The summed E-state index contributed by atoms with van der Waals surface area (Å²) < 4.78 is 21.2. The zero-order valence-corrected chi connectivity index (χ0v) is 29.2. The van der Waals surface area contributed by atoms with E-state index in [9.17, 15) is 29.6 Å². The number of nitrogens with zero attached hydrogens (tertiary/aromatic N) is 3. The highest BCUT2D eigenvalue weighted by Gasteiger charge is 2.23. The van der Waals surface area contributed by atoms with E-state index in [0.29, 0.717) is 11.1 Å². The third-order valence-electron chi connectivity index (χ3n) is 4.67. The summed E-state index contributed by atoms with van der Waals surface area (Å²) in [4.78, 5) is 56.9. The van der Waals surface area contributed by atoms with Crippen molar-refractivity contribution in [3.05, 3.63) is 39.4 Å². The van der Waals surface area contributed by atoms with Crippen molar-refractivity contribution in [2.75, 3.05) is 0 Å². The maximum Gasteiger partial charge on any atom is 0.414 e. The summed E-state index contributed by atoms with van der Waals surface area (Å²) in [5, 5.41) is 31.7. The third-order valence-corrected chi connectivity index (χ3v) is 4.67. The first kappa shape index (κ1) is 40.5. The molecule has 1 aromatic rings. The average molecular weight is 668 g/mol. The Morgan fingerprint density at radius 1 is 0.702 bits per heavy atom. The SMILES string of the molecule is CC(C)(C)OC(=O)NC(=NCc1cc(CN=C(NC(=O)OC(C)(C)C)NC(O)OC(C)(C)C)cc([N+](=O)[O-])c1)NC(=O)OC(C)(C)C. The van der Waals surface area contributed by atoms with E-state index in [1.54, 1.807) is 89.2 Å². The van der Waals surface area contributed by atoms with Crippen LogP contribution in [0.4, 0.5) is 20.1 Å². The number of nitro groups is 1. The van der Waals surface area contributed by atoms with Gasteiger partial charge in [-0.3, -0.25) is 26.1 Å². The molecule has 1 atom stereocenters. The second-order valence-corrected chi connectivity index (χ2v) is 14.2. The second-order valence-electron chi connectivity index (χ2n) is 14.2. The van der Waals surface area contributed by atoms with Gasteiger partial charge in [0.25, 0.3) is 5.69 Å². The number of nitrogens with one attached hydrogen (secondary N) is 4. The molecule has 0 aliphatic heterocycles. The fourth-order valence-corrected chi connectivity index (χ4v) is 3.29. The van der Waals surface area contributed by atoms with Crippen molar-refractivity contribution in [1.29, 1.82) is 0 Å². The van der Waals surface area contributed by atoms with Crippen LogP contribution < -0.4 is 21.3 Å². The molecule has 17 nitrogen and oxygen atoms in total. The lowest BCUT2D eigenvalue weighted by Crippen LogP contribution is -2.49. The summed E-state index contributed by atoms with van der Waals surface area (Å²) >= 11 is 0. The zero-order valence-electron chi connectivity index (χ0n) is 29.2. The van der Waals surface area contributed by atoms with Crippen LogP contribution in [0.25, 0.3) is 0 Å². The molecule has 0 spiro atoms. The average Bonchev–Trinajstić information content (AvgIpc) is 2.81. The predicted octanol–water partition coefficient (Wildman–Crippen LogP) is 4.56. The highest BCUT2D eigenvalue weighted by Crippen LogP contribution is 2.19. The minimum Gasteiger partial charge on any atom is -0.444 e. The van der Waals surface area contributed by atoms with Crippen LogP contribution in [-0.2, 0) is 32.0 Å². The number of guanidine groups is 2. The van der Waals surface area contributed by atoms with Gasteiger partial charge in [0.2, 0.25) is 18.3 Å². The Morgan fingerprint density at radius 3 is 1.40 bits per heavy atom. The third kappa shape index (κ3) is 19.6. The minimum atomic E-state index is -1.58. The van der Waals surface area contributed by atoms with Crippen molar-refractivity contribution < 1.29 is 43.4 Å². The lowest BCUT2D eigenvalue weighted by molar-refractivity contribution is -0.385. The van der Waals surface area contributed by atoms with Gasteiger partial charge in [0.05, 0.1) is 23.6 Å². The number of aliphatic hydroxyl groups is 1. The summed E-state index contributed by atoms with van der Waals surface area (Å²) in [5.41, 5.74) is -2.95. The number of hydrogen-bond acceptors (Lipinski definition) is 12. The monoisotopic (exact) mass is 667 g/mol. The summed E-state index contributed by atoms with van der Waals surface area (Å²) in [7, 11) is 0. The maximum atomic E-state index is 12.4. The van der Waals surface area contributed by atoms with Gasteiger partial charge in [-0.15, -0.1) is 0 Å². The summed E-state index contributed by atoms with van der Waals surface area (Å²) in [6, 6.07) is 4.07. The quantitative estimate of drug-likeness (QED) is 0.0676. The molecule has 0 saturated carbocycles. The van der Waals surface area contributed by atoms with E-state index in [4.69, 9.17) is 18.9 Å². The molecule has 3 amide bonds. The molecular formula is C30H49N7O10. The lowest BCUT2D eigenvalue weighted by atomic mass is 10.1. The van der Waals surface area contributed by atoms with E-state index < -0.39 is 52.0 Å². The first-order chi connectivity index (χ1) is 21.2. The molecule has 5 N–H and O–H groups in total. The van der Waals surface area contributed by atoms with Gasteiger partial charge in [0.15, 0.2) is 0 Å². The number of carbonyl (C=O) groups excluding carboxylic acids is 3. The van der Waals surface area contributed by atoms with Crippen molar-refractivity contribution >= 4 is 35.9 Å². The van der Waals surface area contributed by atoms with Crippen LogP contribution in [-0.4, -0.2) is 69.0 Å². The molecule has 0 aromatic heterocycles. The Balaban J connectivity index is 3.41. The molecule has 1 unspecified atom stereocenters. The van der Waals surface area contributed by atoms with Crippen molar-refractivity contribution in [3.63, 3.8) is 0 Å². The Bertz CT molecular complexity index is 1300. The second kappa shape index (κ2) is 16.4. The number of amides is 3. The number of ether oxygens (including phenoxy) is 4. The molecule has 264 valence electrons. The standard InChI is InChI=1S/C30H49N7O10/c1-27(2,3)44-23(38)33-21(34-24(39)45-28(4,5)6)31-16-18-13-19(15-20(14-18)37(42)43)17-32-22(35-25(40)46-29(7,8)9)36-26(41)47-30(10,11)12/h13-15,23,38H,16-17H2,1-12H3,(H2,31,33,34,39)(H2,32,35,36,40,41). The van der Waals surface area contributed by atoms with Gasteiger partial charge in [-0.05, 0) is 94.2 Å². The molecular weight excluding hydrogens is 618 g/mol. The molecule has 0 radical (unpaired) electrons. The fourth-order valence-electron chi connectivity index (χ4n) is 3.29. The van der Waals surface area contributed by atoms with Gasteiger partial charge in [-0.25, -0.2) is 24.4 Å². The van der Waals surface area contributed by atoms with Gasteiger partial charge in [-0.1, -0.05) is 6.07 Å². The van der Waals surface area contributed by atoms with E-state index in [2.05, 4.69) is 31.3 Å². The Labute approximate surface area is 275 Å². The van der Waals surface area contributed by atoms with Crippen molar-refractivity contribution in [3.8, 4) is 0 Å². The number of aliphatic hydroxyl groups excluding tert-OH is 1. The van der Waals surface area contributed by atoms with E-state index in [1.807, 2.05) is 0 Å². The van der Waals surface area contributed by atoms with Gasteiger partial charge >= 0.3 is 18.3 Å². The number of aliphatic imine (C=N–C) groups is 2. The van der Waals surface area contributed by atoms with Gasteiger partial charge < -0.3 is 29.4 Å². The van der Waals surface area contributed by atoms with Crippen LogP contribution in [0.5, 0.6) is 0 Å². The first-order valence-corrected chi connectivity index (χ1v) is 14.7. The van der Waals surface area contributed by atoms with Crippen LogP contribution in [0.3, 0.4) is 0 Å². The van der Waals surface area contributed by atoms with E-state index >= 15 is 0 Å². The summed E-state index contributed by atoms with van der Waals surface area (Å²) in [6.07, 6.45) is -4.26. The Kier molecular flexibility index (Phi) is 14.1. The number of carbonyl (C=O) groups is 3. The fraction of sp³-hybridized carbons (Fsp3) is 0.633. The van der Waals surface area contributed by atoms with Crippen LogP contribution in [0, 0.1) is 10.1 Å². The highest BCUT2D eigenvalue weighted by atomic mass is 16.6. The number of rotatable bonds is 7. The van der Waals surface area contributed by atoms with Crippen LogP contribution >= 0.6 is 0 Å². The van der Waals surface area contributed by atoms with E-state index in [0.717, 1.165) is 0 Å². The smallest absolute Gasteiger partial charge is 0.414 e. The highest BCUT2D eigenvalue weighted by molar-refractivity contribution is 6.01. The summed E-state index contributed by atoms with van der Waals surface area (Å²) in [6.45, 7) is 19.6. The predicted molar refractivity (Wildman–Crippen MR) is 173 cm³/mol. The molecule has 47 heavy (non-hydrogen) atoms. The van der Waals surface area contributed by atoms with Gasteiger partial charge in [-0.2, -0.15) is 0 Å². The molecule has 17 heteroatoms. The molecule has 0 aliphatic carbocycles. The van der Waals surface area contributed by atoms with Gasteiger partial charge in [0.1, 0.15) is 16.8 Å². The van der Waals surface area contributed by atoms with Crippen molar-refractivity contribution in [1.82, 2.24) is 21.3 Å². The molecule has 0 aliphatic rings. The number of benzene rings is 1. The molecule has 1 rings (SSSR count). The molecule has 0 heterocycles. The zero-order chi connectivity index (χ0) is 36.4.